The molecule has 2 aromatic carbocycles. The molecular weight excluding hydrogens is 253 g/mol. The van der Waals surface area contributed by atoms with Crippen LogP contribution in [0.3, 0.4) is 0 Å². The van der Waals surface area contributed by atoms with Crippen molar-refractivity contribution >= 4 is 5.78 Å². The molecule has 0 fully saturated rings. The van der Waals surface area contributed by atoms with Gasteiger partial charge in [0.25, 0.3) is 0 Å². The Bertz CT molecular complexity index is 578. The lowest BCUT2D eigenvalue weighted by atomic mass is 10.1. The van der Waals surface area contributed by atoms with Crippen molar-refractivity contribution in [2.75, 3.05) is 0 Å². The molecule has 3 heteroatoms. The molecule has 0 amide bonds. The molecule has 0 unspecified atom stereocenters. The summed E-state index contributed by atoms with van der Waals surface area (Å²) >= 11 is 0. The van der Waals surface area contributed by atoms with Crippen LogP contribution in [0.25, 0.3) is 0 Å². The van der Waals surface area contributed by atoms with Gasteiger partial charge in [0.05, 0.1) is 0 Å². The second kappa shape index (κ2) is 6.96. The lowest BCUT2D eigenvalue weighted by Gasteiger charge is -2.06. The quantitative estimate of drug-likeness (QED) is 0.811. The van der Waals surface area contributed by atoms with Gasteiger partial charge in [-0.1, -0.05) is 43.3 Å². The van der Waals surface area contributed by atoms with Crippen LogP contribution in [0.5, 0.6) is 0 Å². The van der Waals surface area contributed by atoms with E-state index in [1.807, 2.05) is 37.3 Å². The predicted molar refractivity (Wildman–Crippen MR) is 78.0 cm³/mol. The van der Waals surface area contributed by atoms with Gasteiger partial charge in [-0.05, 0) is 23.3 Å². The zero-order valence-electron chi connectivity index (χ0n) is 11.5. The molecule has 0 atom stereocenters. The average molecular weight is 271 g/mol. The second-order valence-electron chi connectivity index (χ2n) is 4.71. The van der Waals surface area contributed by atoms with Gasteiger partial charge in [0, 0.05) is 25.1 Å². The highest BCUT2D eigenvalue weighted by atomic mass is 19.1. The van der Waals surface area contributed by atoms with Crippen molar-refractivity contribution in [2.45, 2.75) is 26.4 Å². The molecule has 0 saturated heterocycles. The van der Waals surface area contributed by atoms with Crippen molar-refractivity contribution in [2.24, 2.45) is 0 Å². The Morgan fingerprint density at radius 3 is 2.40 bits per heavy atom. The Morgan fingerprint density at radius 2 is 1.75 bits per heavy atom. The van der Waals surface area contributed by atoms with Gasteiger partial charge in [0.1, 0.15) is 5.82 Å². The summed E-state index contributed by atoms with van der Waals surface area (Å²) in [6.45, 7) is 3.17. The number of ketones is 1. The van der Waals surface area contributed by atoms with Gasteiger partial charge in [-0.15, -0.1) is 0 Å². The van der Waals surface area contributed by atoms with E-state index in [0.29, 0.717) is 19.5 Å². The lowest BCUT2D eigenvalue weighted by Crippen LogP contribution is -2.12. The van der Waals surface area contributed by atoms with Gasteiger partial charge in [-0.2, -0.15) is 0 Å². The molecule has 2 rings (SSSR count). The molecule has 0 heterocycles. The SMILES string of the molecule is CCC(=O)c1ccc(CNCc2cccc(F)c2)cc1. The van der Waals surface area contributed by atoms with Crippen LogP contribution in [-0.2, 0) is 13.1 Å². The van der Waals surface area contributed by atoms with Crippen LogP contribution in [-0.4, -0.2) is 5.78 Å². The number of Topliss-reactive ketones (excluding diaryl/α,β-unsaturated/α-hetero) is 1. The van der Waals surface area contributed by atoms with E-state index in [-0.39, 0.29) is 11.6 Å². The van der Waals surface area contributed by atoms with Crippen LogP contribution < -0.4 is 5.32 Å². The normalized spacial score (nSPS) is 10.5. The fourth-order valence-electron chi connectivity index (χ4n) is 2.01. The third-order valence-corrected chi connectivity index (χ3v) is 3.14. The van der Waals surface area contributed by atoms with Crippen LogP contribution in [0.15, 0.2) is 48.5 Å². The minimum atomic E-state index is -0.216. The highest BCUT2D eigenvalue weighted by Crippen LogP contribution is 2.08. The van der Waals surface area contributed by atoms with E-state index >= 15 is 0 Å². The fraction of sp³-hybridized carbons (Fsp3) is 0.235. The monoisotopic (exact) mass is 271 g/mol. The smallest absolute Gasteiger partial charge is 0.162 e. The maximum atomic E-state index is 13.0. The zero-order chi connectivity index (χ0) is 14.4. The van der Waals surface area contributed by atoms with Crippen molar-refractivity contribution in [1.29, 1.82) is 0 Å². The first-order valence-electron chi connectivity index (χ1n) is 6.76. The maximum Gasteiger partial charge on any atom is 0.162 e. The van der Waals surface area contributed by atoms with Gasteiger partial charge >= 0.3 is 0 Å². The Morgan fingerprint density at radius 1 is 1.05 bits per heavy atom. The molecule has 1 N–H and O–H groups in total. The summed E-state index contributed by atoms with van der Waals surface area (Å²) in [7, 11) is 0. The predicted octanol–water partition coefficient (Wildman–Crippen LogP) is 3.71. The summed E-state index contributed by atoms with van der Waals surface area (Å²) in [5, 5.41) is 3.26. The Kier molecular flexibility index (Phi) is 5.02. The van der Waals surface area contributed by atoms with Crippen LogP contribution >= 0.6 is 0 Å². The first-order chi connectivity index (χ1) is 9.69. The Labute approximate surface area is 118 Å². The lowest BCUT2D eigenvalue weighted by molar-refractivity contribution is 0.0988. The van der Waals surface area contributed by atoms with Crippen molar-refractivity contribution < 1.29 is 9.18 Å². The number of halogens is 1. The van der Waals surface area contributed by atoms with Crippen LogP contribution in [0, 0.1) is 5.82 Å². The summed E-state index contributed by atoms with van der Waals surface area (Å²) in [5.41, 5.74) is 2.78. The van der Waals surface area contributed by atoms with Crippen LogP contribution in [0.1, 0.15) is 34.8 Å². The molecule has 0 bridgehead atoms. The van der Waals surface area contributed by atoms with Crippen molar-refractivity contribution in [3.63, 3.8) is 0 Å². The molecule has 0 spiro atoms. The molecule has 0 aliphatic carbocycles. The number of rotatable bonds is 6. The van der Waals surface area contributed by atoms with Crippen LogP contribution in [0.4, 0.5) is 4.39 Å². The fourth-order valence-corrected chi connectivity index (χ4v) is 2.01. The second-order valence-corrected chi connectivity index (χ2v) is 4.71. The van der Waals surface area contributed by atoms with Crippen LogP contribution in [0.2, 0.25) is 0 Å². The molecule has 2 nitrogen and oxygen atoms in total. The highest BCUT2D eigenvalue weighted by molar-refractivity contribution is 5.95. The van der Waals surface area contributed by atoms with E-state index < -0.39 is 0 Å². The molecule has 0 aliphatic heterocycles. The third-order valence-electron chi connectivity index (χ3n) is 3.14. The van der Waals surface area contributed by atoms with E-state index in [1.54, 1.807) is 6.07 Å². The highest BCUT2D eigenvalue weighted by Gasteiger charge is 2.02. The maximum absolute atomic E-state index is 13.0. The minimum absolute atomic E-state index is 0.157. The summed E-state index contributed by atoms with van der Waals surface area (Å²) in [6.07, 6.45) is 0.525. The summed E-state index contributed by atoms with van der Waals surface area (Å²) in [5.74, 6) is -0.0593. The summed E-state index contributed by atoms with van der Waals surface area (Å²) in [6, 6.07) is 14.2. The first-order valence-corrected chi connectivity index (χ1v) is 6.76. The van der Waals surface area contributed by atoms with E-state index in [9.17, 15) is 9.18 Å². The number of carbonyl (C=O) groups is 1. The molecule has 0 aliphatic rings. The van der Waals surface area contributed by atoms with E-state index in [4.69, 9.17) is 0 Å². The molecular formula is C17H18FNO. The molecule has 0 aromatic heterocycles. The van der Waals surface area contributed by atoms with Gasteiger partial charge in [0.2, 0.25) is 0 Å². The Hall–Kier alpha value is -2.00. The molecule has 0 saturated carbocycles. The Balaban J connectivity index is 1.86. The molecule has 0 radical (unpaired) electrons. The van der Waals surface area contributed by atoms with Crippen molar-refractivity contribution in [3.05, 3.63) is 71.0 Å². The minimum Gasteiger partial charge on any atom is -0.309 e. The van der Waals surface area contributed by atoms with E-state index in [2.05, 4.69) is 5.32 Å². The average Bonchev–Trinajstić information content (AvgIpc) is 2.47. The summed E-state index contributed by atoms with van der Waals surface area (Å²) in [4.78, 5) is 11.5. The molecule has 20 heavy (non-hydrogen) atoms. The number of nitrogens with one attached hydrogen (secondary N) is 1. The first kappa shape index (κ1) is 14.4. The third kappa shape index (κ3) is 4.00. The van der Waals surface area contributed by atoms with Gasteiger partial charge in [0.15, 0.2) is 5.78 Å². The van der Waals surface area contributed by atoms with Gasteiger partial charge < -0.3 is 5.32 Å². The standard InChI is InChI=1S/C17H18FNO/c1-2-17(20)15-8-6-13(7-9-15)11-19-12-14-4-3-5-16(18)10-14/h3-10,19H,2,11-12H2,1H3. The van der Waals surface area contributed by atoms with Gasteiger partial charge in [-0.3, -0.25) is 4.79 Å². The van der Waals surface area contributed by atoms with Gasteiger partial charge in [-0.25, -0.2) is 4.39 Å². The van der Waals surface area contributed by atoms with E-state index in [1.165, 1.54) is 12.1 Å². The zero-order valence-corrected chi connectivity index (χ0v) is 11.5. The number of hydrogen-bond donors (Lipinski definition) is 1. The topological polar surface area (TPSA) is 29.1 Å². The number of hydrogen-bond acceptors (Lipinski definition) is 2. The summed E-state index contributed by atoms with van der Waals surface area (Å²) < 4.78 is 13.0. The number of carbonyl (C=O) groups excluding carboxylic acids is 1. The van der Waals surface area contributed by atoms with E-state index in [0.717, 1.165) is 16.7 Å². The van der Waals surface area contributed by atoms with Crippen molar-refractivity contribution in [3.8, 4) is 0 Å². The number of benzene rings is 2. The molecule has 104 valence electrons. The largest absolute Gasteiger partial charge is 0.309 e. The van der Waals surface area contributed by atoms with Crippen molar-refractivity contribution in [1.82, 2.24) is 5.32 Å². The molecule has 2 aromatic rings.